The SMILES string of the molecule is CC1=C(C)c2c(-c3cccc4c3CCNC4)cnc(C(N)=O)c2C1. The number of pyridine rings is 1. The van der Waals surface area contributed by atoms with Crippen LogP contribution in [0.4, 0.5) is 0 Å². The van der Waals surface area contributed by atoms with Gasteiger partial charge in [0.2, 0.25) is 0 Å². The van der Waals surface area contributed by atoms with Crippen molar-refractivity contribution in [1.82, 2.24) is 10.3 Å². The first-order valence-electron chi connectivity index (χ1n) is 8.38. The summed E-state index contributed by atoms with van der Waals surface area (Å²) in [5.41, 5.74) is 15.7. The van der Waals surface area contributed by atoms with E-state index in [-0.39, 0.29) is 0 Å². The molecule has 2 heterocycles. The molecule has 0 unspecified atom stereocenters. The zero-order valence-corrected chi connectivity index (χ0v) is 14.1. The van der Waals surface area contributed by atoms with E-state index in [0.29, 0.717) is 5.69 Å². The number of rotatable bonds is 2. The number of hydrogen-bond acceptors (Lipinski definition) is 3. The molecular formula is C20H21N3O. The smallest absolute Gasteiger partial charge is 0.267 e. The monoisotopic (exact) mass is 319 g/mol. The van der Waals surface area contributed by atoms with Crippen molar-refractivity contribution < 1.29 is 4.79 Å². The Kier molecular flexibility index (Phi) is 3.50. The van der Waals surface area contributed by atoms with Crippen molar-refractivity contribution >= 4 is 11.5 Å². The number of aromatic nitrogens is 1. The van der Waals surface area contributed by atoms with Crippen LogP contribution in [0.5, 0.6) is 0 Å². The van der Waals surface area contributed by atoms with Crippen molar-refractivity contribution in [2.24, 2.45) is 5.73 Å². The number of nitrogens with zero attached hydrogens (tertiary/aromatic N) is 1. The fraction of sp³-hybridized carbons (Fsp3) is 0.300. The molecule has 2 aliphatic rings. The molecule has 0 bridgehead atoms. The first-order valence-corrected chi connectivity index (χ1v) is 8.38. The molecule has 0 saturated carbocycles. The highest BCUT2D eigenvalue weighted by Gasteiger charge is 2.27. The maximum Gasteiger partial charge on any atom is 0.267 e. The summed E-state index contributed by atoms with van der Waals surface area (Å²) in [6.45, 7) is 6.15. The zero-order valence-electron chi connectivity index (χ0n) is 14.1. The molecule has 122 valence electrons. The van der Waals surface area contributed by atoms with Gasteiger partial charge in [-0.3, -0.25) is 9.78 Å². The van der Waals surface area contributed by atoms with E-state index in [0.717, 1.165) is 42.6 Å². The van der Waals surface area contributed by atoms with E-state index in [2.05, 4.69) is 42.3 Å². The van der Waals surface area contributed by atoms with Crippen molar-refractivity contribution in [2.75, 3.05) is 6.54 Å². The van der Waals surface area contributed by atoms with Gasteiger partial charge in [0.25, 0.3) is 5.91 Å². The van der Waals surface area contributed by atoms with Crippen LogP contribution in [-0.4, -0.2) is 17.4 Å². The third kappa shape index (κ3) is 2.18. The van der Waals surface area contributed by atoms with Gasteiger partial charge >= 0.3 is 0 Å². The van der Waals surface area contributed by atoms with Crippen LogP contribution in [0.25, 0.3) is 16.7 Å². The summed E-state index contributed by atoms with van der Waals surface area (Å²) in [7, 11) is 0. The third-order valence-corrected chi connectivity index (χ3v) is 5.30. The Balaban J connectivity index is 1.99. The van der Waals surface area contributed by atoms with Gasteiger partial charge in [0, 0.05) is 18.3 Å². The van der Waals surface area contributed by atoms with Crippen LogP contribution in [-0.2, 0) is 19.4 Å². The highest BCUT2D eigenvalue weighted by atomic mass is 16.1. The topological polar surface area (TPSA) is 68.0 Å². The molecule has 3 N–H and O–H groups in total. The lowest BCUT2D eigenvalue weighted by molar-refractivity contribution is 0.0995. The van der Waals surface area contributed by atoms with E-state index >= 15 is 0 Å². The number of benzene rings is 1. The predicted molar refractivity (Wildman–Crippen MR) is 95.6 cm³/mol. The zero-order chi connectivity index (χ0) is 16.8. The summed E-state index contributed by atoms with van der Waals surface area (Å²) in [4.78, 5) is 16.2. The van der Waals surface area contributed by atoms with E-state index in [4.69, 9.17) is 5.73 Å². The molecule has 0 radical (unpaired) electrons. The summed E-state index contributed by atoms with van der Waals surface area (Å²) in [5.74, 6) is -0.445. The molecule has 0 atom stereocenters. The molecule has 0 fully saturated rings. The number of carbonyl (C=O) groups is 1. The van der Waals surface area contributed by atoms with Gasteiger partial charge in [-0.2, -0.15) is 0 Å². The highest BCUT2D eigenvalue weighted by molar-refractivity contribution is 5.98. The second-order valence-electron chi connectivity index (χ2n) is 6.69. The Morgan fingerprint density at radius 3 is 2.83 bits per heavy atom. The van der Waals surface area contributed by atoms with Gasteiger partial charge in [-0.05, 0) is 66.6 Å². The van der Waals surface area contributed by atoms with Gasteiger partial charge in [0.05, 0.1) is 0 Å². The molecule has 0 spiro atoms. The van der Waals surface area contributed by atoms with E-state index in [1.54, 1.807) is 0 Å². The van der Waals surface area contributed by atoms with Gasteiger partial charge in [0.15, 0.2) is 0 Å². The van der Waals surface area contributed by atoms with Crippen LogP contribution in [0.3, 0.4) is 0 Å². The predicted octanol–water partition coefficient (Wildman–Crippen LogP) is 2.84. The Morgan fingerprint density at radius 2 is 2.04 bits per heavy atom. The number of nitrogens with two attached hydrogens (primary N) is 1. The molecule has 4 heteroatoms. The second-order valence-corrected chi connectivity index (χ2v) is 6.69. The first-order chi connectivity index (χ1) is 11.6. The van der Waals surface area contributed by atoms with Crippen molar-refractivity contribution in [2.45, 2.75) is 33.2 Å². The number of allylic oxidation sites excluding steroid dienone is 2. The summed E-state index contributed by atoms with van der Waals surface area (Å²) in [5, 5.41) is 3.43. The van der Waals surface area contributed by atoms with Crippen LogP contribution in [0.15, 0.2) is 30.0 Å². The van der Waals surface area contributed by atoms with E-state index in [9.17, 15) is 4.79 Å². The van der Waals surface area contributed by atoms with Gasteiger partial charge in [-0.15, -0.1) is 0 Å². The minimum atomic E-state index is -0.445. The van der Waals surface area contributed by atoms with Crippen LogP contribution >= 0.6 is 0 Å². The first kappa shape index (κ1) is 15.1. The third-order valence-electron chi connectivity index (χ3n) is 5.30. The Hall–Kier alpha value is -2.46. The number of amides is 1. The normalized spacial score (nSPS) is 16.1. The maximum atomic E-state index is 11.8. The summed E-state index contributed by atoms with van der Waals surface area (Å²) < 4.78 is 0. The second kappa shape index (κ2) is 5.56. The summed E-state index contributed by atoms with van der Waals surface area (Å²) in [6, 6.07) is 6.47. The van der Waals surface area contributed by atoms with E-state index < -0.39 is 5.91 Å². The molecule has 24 heavy (non-hydrogen) atoms. The number of primary amides is 1. The standard InChI is InChI=1S/C20H21N3O/c1-11-8-16-18(12(11)2)17(10-23-19(16)20(21)24)15-5-3-4-13-9-22-7-6-14(13)15/h3-5,10,22H,6-9H2,1-2H3,(H2,21,24). The fourth-order valence-electron chi connectivity index (χ4n) is 3.96. The largest absolute Gasteiger partial charge is 0.364 e. The Morgan fingerprint density at radius 1 is 1.21 bits per heavy atom. The van der Waals surface area contributed by atoms with E-state index in [1.165, 1.54) is 27.8 Å². The van der Waals surface area contributed by atoms with Crippen molar-refractivity contribution in [3.8, 4) is 11.1 Å². The molecule has 1 aromatic heterocycles. The quantitative estimate of drug-likeness (QED) is 0.894. The van der Waals surface area contributed by atoms with Crippen molar-refractivity contribution in [3.63, 3.8) is 0 Å². The lowest BCUT2D eigenvalue weighted by atomic mass is 9.88. The Bertz CT molecular complexity index is 896. The van der Waals surface area contributed by atoms with E-state index in [1.807, 2.05) is 6.20 Å². The average Bonchev–Trinajstić information content (AvgIpc) is 2.89. The lowest BCUT2D eigenvalue weighted by Gasteiger charge is -2.22. The molecule has 1 aliphatic carbocycles. The number of hydrogen-bond donors (Lipinski definition) is 2. The molecule has 1 aromatic carbocycles. The number of carbonyl (C=O) groups excluding carboxylic acids is 1. The van der Waals surface area contributed by atoms with Crippen LogP contribution in [0, 0.1) is 0 Å². The lowest BCUT2D eigenvalue weighted by Crippen LogP contribution is -2.24. The van der Waals surface area contributed by atoms with Crippen molar-refractivity contribution in [1.29, 1.82) is 0 Å². The molecule has 4 nitrogen and oxygen atoms in total. The van der Waals surface area contributed by atoms with Crippen LogP contribution in [0.2, 0.25) is 0 Å². The van der Waals surface area contributed by atoms with Gasteiger partial charge < -0.3 is 11.1 Å². The van der Waals surface area contributed by atoms with Crippen LogP contribution < -0.4 is 11.1 Å². The van der Waals surface area contributed by atoms with Crippen LogP contribution in [0.1, 0.15) is 46.6 Å². The minimum absolute atomic E-state index is 0.413. The molecule has 2 aromatic rings. The summed E-state index contributed by atoms with van der Waals surface area (Å²) in [6.07, 6.45) is 3.61. The average molecular weight is 319 g/mol. The molecule has 1 amide bonds. The number of fused-ring (bicyclic) bond motifs is 2. The highest BCUT2D eigenvalue weighted by Crippen LogP contribution is 2.41. The van der Waals surface area contributed by atoms with Crippen molar-refractivity contribution in [3.05, 3.63) is 57.9 Å². The van der Waals surface area contributed by atoms with Gasteiger partial charge in [0.1, 0.15) is 5.69 Å². The van der Waals surface area contributed by atoms with Gasteiger partial charge in [-0.1, -0.05) is 23.8 Å². The van der Waals surface area contributed by atoms with Gasteiger partial charge in [-0.25, -0.2) is 0 Å². The molecule has 0 saturated heterocycles. The fourth-order valence-corrected chi connectivity index (χ4v) is 3.96. The Labute approximate surface area is 141 Å². The maximum absolute atomic E-state index is 11.8. The number of nitrogens with one attached hydrogen (secondary N) is 1. The molecular weight excluding hydrogens is 298 g/mol. The minimum Gasteiger partial charge on any atom is -0.364 e. The summed E-state index contributed by atoms with van der Waals surface area (Å²) >= 11 is 0. The molecule has 1 aliphatic heterocycles. The molecule has 4 rings (SSSR count).